The molecule has 26 heavy (non-hydrogen) atoms. The zero-order chi connectivity index (χ0) is 18.4. The van der Waals surface area contributed by atoms with Crippen LogP contribution in [0, 0.1) is 0 Å². The molecule has 1 aromatic heterocycles. The van der Waals surface area contributed by atoms with Gasteiger partial charge in [-0.25, -0.2) is 0 Å². The standard InChI is InChI=1S/C22H23NO3/c1-3-16-9-8-10-17(4-2)20(16)23-22(24)21-18(13-14-25-21)15-26-19-11-6-5-7-12-19/h5-14H,3-4,15H2,1-2H3,(H,23,24). The molecule has 0 spiro atoms. The number of hydrogen-bond acceptors (Lipinski definition) is 3. The Morgan fingerprint density at radius 3 is 2.27 bits per heavy atom. The van der Waals surface area contributed by atoms with Crippen LogP contribution in [0.5, 0.6) is 5.75 Å². The minimum absolute atomic E-state index is 0.253. The fraction of sp³-hybridized carbons (Fsp3) is 0.227. The number of aryl methyl sites for hydroxylation is 2. The van der Waals surface area contributed by atoms with E-state index in [1.165, 1.54) is 6.26 Å². The van der Waals surface area contributed by atoms with Crippen molar-refractivity contribution in [2.75, 3.05) is 5.32 Å². The molecule has 0 saturated heterocycles. The molecule has 134 valence electrons. The summed E-state index contributed by atoms with van der Waals surface area (Å²) in [4.78, 5) is 12.8. The van der Waals surface area contributed by atoms with Crippen LogP contribution in [0.25, 0.3) is 0 Å². The summed E-state index contributed by atoms with van der Waals surface area (Å²) in [5, 5.41) is 3.03. The summed E-state index contributed by atoms with van der Waals surface area (Å²) in [7, 11) is 0. The summed E-state index contributed by atoms with van der Waals surface area (Å²) in [6.07, 6.45) is 3.22. The molecule has 2 aromatic carbocycles. The number of furan rings is 1. The Balaban J connectivity index is 1.77. The van der Waals surface area contributed by atoms with Crippen molar-refractivity contribution in [1.29, 1.82) is 0 Å². The summed E-state index contributed by atoms with van der Waals surface area (Å²) in [6, 6.07) is 17.4. The van der Waals surface area contributed by atoms with E-state index >= 15 is 0 Å². The average Bonchev–Trinajstić information content (AvgIpc) is 3.16. The van der Waals surface area contributed by atoms with Gasteiger partial charge in [-0.2, -0.15) is 0 Å². The number of benzene rings is 2. The first kappa shape index (κ1) is 17.8. The van der Waals surface area contributed by atoms with E-state index in [0.29, 0.717) is 0 Å². The highest BCUT2D eigenvalue weighted by Gasteiger charge is 2.18. The lowest BCUT2D eigenvalue weighted by Crippen LogP contribution is -2.16. The largest absolute Gasteiger partial charge is 0.489 e. The second kappa shape index (κ2) is 8.39. The van der Waals surface area contributed by atoms with Gasteiger partial charge in [-0.1, -0.05) is 50.2 Å². The molecule has 4 heteroatoms. The van der Waals surface area contributed by atoms with E-state index < -0.39 is 0 Å². The maximum Gasteiger partial charge on any atom is 0.291 e. The lowest BCUT2D eigenvalue weighted by Gasteiger charge is -2.14. The summed E-state index contributed by atoms with van der Waals surface area (Å²) < 4.78 is 11.2. The third-order valence-electron chi connectivity index (χ3n) is 4.33. The molecule has 1 N–H and O–H groups in total. The Morgan fingerprint density at radius 1 is 0.923 bits per heavy atom. The van der Waals surface area contributed by atoms with Gasteiger partial charge < -0.3 is 14.5 Å². The van der Waals surface area contributed by atoms with Crippen LogP contribution in [-0.4, -0.2) is 5.91 Å². The topological polar surface area (TPSA) is 51.5 Å². The highest BCUT2D eigenvalue weighted by atomic mass is 16.5. The Bertz CT molecular complexity index is 846. The van der Waals surface area contributed by atoms with E-state index in [-0.39, 0.29) is 18.3 Å². The molecule has 0 fully saturated rings. The first-order valence-corrected chi connectivity index (χ1v) is 8.89. The van der Waals surface area contributed by atoms with Gasteiger partial charge in [0.15, 0.2) is 5.76 Å². The minimum Gasteiger partial charge on any atom is -0.489 e. The molecule has 4 nitrogen and oxygen atoms in total. The molecule has 1 heterocycles. The van der Waals surface area contributed by atoms with Gasteiger partial charge >= 0.3 is 0 Å². The van der Waals surface area contributed by atoms with E-state index in [9.17, 15) is 4.79 Å². The van der Waals surface area contributed by atoms with Crippen LogP contribution in [0.15, 0.2) is 65.3 Å². The van der Waals surface area contributed by atoms with Crippen LogP contribution in [0.3, 0.4) is 0 Å². The summed E-state index contributed by atoms with van der Waals surface area (Å²) in [5.74, 6) is 0.788. The molecule has 1 amide bonds. The molecule has 3 aromatic rings. The van der Waals surface area contributed by atoms with Gasteiger partial charge in [-0.05, 0) is 42.2 Å². The average molecular weight is 349 g/mol. The van der Waals surface area contributed by atoms with E-state index in [1.54, 1.807) is 6.07 Å². The Hall–Kier alpha value is -3.01. The van der Waals surface area contributed by atoms with Crippen LogP contribution in [0.4, 0.5) is 5.69 Å². The highest BCUT2D eigenvalue weighted by Crippen LogP contribution is 2.24. The third-order valence-corrected chi connectivity index (χ3v) is 4.33. The molecule has 0 saturated carbocycles. The van der Waals surface area contributed by atoms with Crippen molar-refractivity contribution in [3.63, 3.8) is 0 Å². The van der Waals surface area contributed by atoms with Gasteiger partial charge in [0.25, 0.3) is 5.91 Å². The maximum atomic E-state index is 12.8. The van der Waals surface area contributed by atoms with E-state index in [1.807, 2.05) is 48.5 Å². The Morgan fingerprint density at radius 2 is 1.62 bits per heavy atom. The number of ether oxygens (including phenoxy) is 1. The third kappa shape index (κ3) is 3.97. The number of nitrogens with one attached hydrogen (secondary N) is 1. The van der Waals surface area contributed by atoms with Crippen LogP contribution in [0.2, 0.25) is 0 Å². The minimum atomic E-state index is -0.253. The normalized spacial score (nSPS) is 10.5. The number of carbonyl (C=O) groups is 1. The van der Waals surface area contributed by atoms with Crippen molar-refractivity contribution in [2.24, 2.45) is 0 Å². The molecule has 0 aliphatic rings. The van der Waals surface area contributed by atoms with Crippen molar-refractivity contribution < 1.29 is 13.9 Å². The van der Waals surface area contributed by atoms with Gasteiger partial charge in [0.05, 0.1) is 6.26 Å². The quantitative estimate of drug-likeness (QED) is 0.635. The van der Waals surface area contributed by atoms with Crippen molar-refractivity contribution >= 4 is 11.6 Å². The predicted molar refractivity (Wildman–Crippen MR) is 103 cm³/mol. The van der Waals surface area contributed by atoms with Gasteiger partial charge in [0.2, 0.25) is 0 Å². The number of hydrogen-bond donors (Lipinski definition) is 1. The molecular weight excluding hydrogens is 326 g/mol. The molecule has 0 aliphatic heterocycles. The number of anilines is 1. The van der Waals surface area contributed by atoms with Crippen LogP contribution in [0.1, 0.15) is 41.1 Å². The summed E-state index contributed by atoms with van der Waals surface area (Å²) >= 11 is 0. The molecule has 0 atom stereocenters. The fourth-order valence-corrected chi connectivity index (χ4v) is 2.90. The second-order valence-corrected chi connectivity index (χ2v) is 5.99. The van der Waals surface area contributed by atoms with Crippen molar-refractivity contribution in [1.82, 2.24) is 0 Å². The second-order valence-electron chi connectivity index (χ2n) is 5.99. The van der Waals surface area contributed by atoms with Crippen LogP contribution in [-0.2, 0) is 19.4 Å². The van der Waals surface area contributed by atoms with Crippen molar-refractivity contribution in [2.45, 2.75) is 33.3 Å². The van der Waals surface area contributed by atoms with E-state index in [4.69, 9.17) is 9.15 Å². The van der Waals surface area contributed by atoms with Crippen molar-refractivity contribution in [3.8, 4) is 5.75 Å². The maximum absolute atomic E-state index is 12.8. The summed E-state index contributed by atoms with van der Waals surface area (Å²) in [5.41, 5.74) is 3.84. The van der Waals surface area contributed by atoms with Crippen LogP contribution < -0.4 is 10.1 Å². The van der Waals surface area contributed by atoms with Gasteiger partial charge in [0, 0.05) is 11.3 Å². The Kier molecular flexibility index (Phi) is 5.74. The lowest BCUT2D eigenvalue weighted by molar-refractivity contribution is 0.0993. The van der Waals surface area contributed by atoms with E-state index in [2.05, 4.69) is 19.2 Å². The zero-order valence-electron chi connectivity index (χ0n) is 15.1. The van der Waals surface area contributed by atoms with Gasteiger partial charge in [-0.15, -0.1) is 0 Å². The first-order valence-electron chi connectivity index (χ1n) is 8.89. The summed E-state index contributed by atoms with van der Waals surface area (Å²) in [6.45, 7) is 4.44. The number of rotatable bonds is 7. The number of carbonyl (C=O) groups excluding carboxylic acids is 1. The monoisotopic (exact) mass is 349 g/mol. The molecule has 0 aliphatic carbocycles. The van der Waals surface area contributed by atoms with Crippen molar-refractivity contribution in [3.05, 3.63) is 83.3 Å². The molecular formula is C22H23NO3. The highest BCUT2D eigenvalue weighted by molar-refractivity contribution is 6.04. The molecule has 3 rings (SSSR count). The smallest absolute Gasteiger partial charge is 0.291 e. The number of amides is 1. The lowest BCUT2D eigenvalue weighted by atomic mass is 10.0. The van der Waals surface area contributed by atoms with Gasteiger partial charge in [-0.3, -0.25) is 4.79 Å². The number of para-hydroxylation sites is 2. The molecule has 0 radical (unpaired) electrons. The fourth-order valence-electron chi connectivity index (χ4n) is 2.90. The zero-order valence-corrected chi connectivity index (χ0v) is 15.1. The molecule has 0 unspecified atom stereocenters. The Labute approximate surface area is 153 Å². The van der Waals surface area contributed by atoms with E-state index in [0.717, 1.165) is 41.0 Å². The SMILES string of the molecule is CCc1cccc(CC)c1NC(=O)c1occc1COc1ccccc1. The van der Waals surface area contributed by atoms with Crippen LogP contribution >= 0.6 is 0 Å². The predicted octanol–water partition coefficient (Wildman–Crippen LogP) is 5.24. The van der Waals surface area contributed by atoms with Gasteiger partial charge in [0.1, 0.15) is 12.4 Å². The first-order chi connectivity index (χ1) is 12.7. The molecule has 0 bridgehead atoms.